The number of benzene rings is 1. The Morgan fingerprint density at radius 2 is 1.96 bits per heavy atom. The Morgan fingerprint density at radius 1 is 1.22 bits per heavy atom. The fourth-order valence-electron chi connectivity index (χ4n) is 3.20. The largest absolute Gasteiger partial charge is 0.287 e. The molecule has 3 rings (SSSR count). The summed E-state index contributed by atoms with van der Waals surface area (Å²) in [6, 6.07) is 8.15. The van der Waals surface area contributed by atoms with Crippen LogP contribution in [0.5, 0.6) is 0 Å². The number of aromatic nitrogens is 2. The maximum absolute atomic E-state index is 12.8. The van der Waals surface area contributed by atoms with E-state index in [2.05, 4.69) is 29.3 Å². The average molecular weight is 329 g/mol. The van der Waals surface area contributed by atoms with Crippen LogP contribution >= 0.6 is 11.3 Å². The van der Waals surface area contributed by atoms with Crippen LogP contribution in [-0.2, 0) is 4.79 Å². The zero-order chi connectivity index (χ0) is 16.2. The number of carbonyl (C=O) groups is 1. The number of rotatable bonds is 4. The molecule has 1 aliphatic carbocycles. The second-order valence-electron chi connectivity index (χ2n) is 6.12. The Hall–Kier alpha value is -1.75. The van der Waals surface area contributed by atoms with Gasteiger partial charge in [-0.25, -0.2) is 0 Å². The van der Waals surface area contributed by atoms with Gasteiger partial charge in [0.25, 0.3) is 0 Å². The summed E-state index contributed by atoms with van der Waals surface area (Å²) in [6.07, 6.45) is 5.61. The highest BCUT2D eigenvalue weighted by Gasteiger charge is 2.28. The second kappa shape index (κ2) is 7.21. The van der Waals surface area contributed by atoms with Crippen molar-refractivity contribution in [3.05, 3.63) is 29.8 Å². The van der Waals surface area contributed by atoms with Gasteiger partial charge in [0, 0.05) is 18.0 Å². The van der Waals surface area contributed by atoms with Gasteiger partial charge < -0.3 is 0 Å². The van der Waals surface area contributed by atoms with Gasteiger partial charge in [0.05, 0.1) is 0 Å². The standard InChI is InChI=1S/C18H23N3OS/c1-3-21(17(22)14-10-5-4-6-11-14)18-20-19-16(23-18)15-12-8-7-9-13(15)2/h7-9,12,14H,3-6,10-11H2,1-2H3. The van der Waals surface area contributed by atoms with Crippen molar-refractivity contribution >= 4 is 22.4 Å². The van der Waals surface area contributed by atoms with Gasteiger partial charge in [-0.1, -0.05) is 54.9 Å². The van der Waals surface area contributed by atoms with Gasteiger partial charge in [0.2, 0.25) is 11.0 Å². The number of aryl methyl sites for hydroxylation is 1. The third-order valence-electron chi connectivity index (χ3n) is 4.56. The molecule has 1 aliphatic rings. The van der Waals surface area contributed by atoms with Gasteiger partial charge in [-0.3, -0.25) is 9.69 Å². The van der Waals surface area contributed by atoms with Crippen molar-refractivity contribution < 1.29 is 4.79 Å². The predicted octanol–water partition coefficient (Wildman–Crippen LogP) is 4.45. The van der Waals surface area contributed by atoms with E-state index in [1.165, 1.54) is 36.2 Å². The van der Waals surface area contributed by atoms with E-state index in [1.54, 1.807) is 0 Å². The van der Waals surface area contributed by atoms with E-state index in [9.17, 15) is 4.79 Å². The van der Waals surface area contributed by atoms with Gasteiger partial charge in [0.15, 0.2) is 0 Å². The van der Waals surface area contributed by atoms with E-state index in [0.29, 0.717) is 6.54 Å². The molecule has 0 aliphatic heterocycles. The fourth-order valence-corrected chi connectivity index (χ4v) is 4.21. The summed E-state index contributed by atoms with van der Waals surface area (Å²) in [5.41, 5.74) is 2.27. The van der Waals surface area contributed by atoms with Gasteiger partial charge in [-0.05, 0) is 32.3 Å². The number of hydrogen-bond acceptors (Lipinski definition) is 4. The molecule has 1 saturated carbocycles. The molecule has 0 atom stereocenters. The molecule has 1 heterocycles. The zero-order valence-electron chi connectivity index (χ0n) is 13.8. The van der Waals surface area contributed by atoms with E-state index in [1.807, 2.05) is 24.0 Å². The molecule has 0 saturated heterocycles. The quantitative estimate of drug-likeness (QED) is 0.832. The first kappa shape index (κ1) is 16.1. The highest BCUT2D eigenvalue weighted by atomic mass is 32.1. The van der Waals surface area contributed by atoms with E-state index < -0.39 is 0 Å². The minimum Gasteiger partial charge on any atom is -0.287 e. The Morgan fingerprint density at radius 3 is 2.65 bits per heavy atom. The molecular formula is C18H23N3OS. The highest BCUT2D eigenvalue weighted by molar-refractivity contribution is 7.18. The molecule has 1 fully saturated rings. The lowest BCUT2D eigenvalue weighted by Crippen LogP contribution is -2.36. The number of hydrogen-bond donors (Lipinski definition) is 0. The fraction of sp³-hybridized carbons (Fsp3) is 0.500. The summed E-state index contributed by atoms with van der Waals surface area (Å²) in [5.74, 6) is 0.384. The van der Waals surface area contributed by atoms with Crippen molar-refractivity contribution in [1.82, 2.24) is 10.2 Å². The second-order valence-corrected chi connectivity index (χ2v) is 7.08. The van der Waals surface area contributed by atoms with Crippen LogP contribution in [0.25, 0.3) is 10.6 Å². The van der Waals surface area contributed by atoms with Gasteiger partial charge in [-0.15, -0.1) is 10.2 Å². The lowest BCUT2D eigenvalue weighted by atomic mass is 9.88. The molecule has 0 unspecified atom stereocenters. The van der Waals surface area contributed by atoms with Crippen molar-refractivity contribution in [2.75, 3.05) is 11.4 Å². The van der Waals surface area contributed by atoms with E-state index in [4.69, 9.17) is 0 Å². The topological polar surface area (TPSA) is 46.1 Å². The Labute approximate surface area is 141 Å². The molecular weight excluding hydrogens is 306 g/mol. The molecule has 0 spiro atoms. The van der Waals surface area contributed by atoms with Gasteiger partial charge in [-0.2, -0.15) is 0 Å². The molecule has 0 N–H and O–H groups in total. The smallest absolute Gasteiger partial charge is 0.231 e. The van der Waals surface area contributed by atoms with Crippen LogP contribution in [-0.4, -0.2) is 22.6 Å². The number of carbonyl (C=O) groups excluding carboxylic acids is 1. The van der Waals surface area contributed by atoms with Crippen LogP contribution in [0.2, 0.25) is 0 Å². The summed E-state index contributed by atoms with van der Waals surface area (Å²) >= 11 is 1.51. The molecule has 5 heteroatoms. The highest BCUT2D eigenvalue weighted by Crippen LogP contribution is 2.33. The summed E-state index contributed by atoms with van der Waals surface area (Å²) in [5, 5.41) is 10.2. The van der Waals surface area contributed by atoms with Crippen LogP contribution < -0.4 is 4.90 Å². The SMILES string of the molecule is CCN(C(=O)C1CCCCC1)c1nnc(-c2ccccc2C)s1. The van der Waals surface area contributed by atoms with Crippen LogP contribution in [0.1, 0.15) is 44.6 Å². The molecule has 122 valence electrons. The van der Waals surface area contributed by atoms with Crippen LogP contribution in [0.3, 0.4) is 0 Å². The predicted molar refractivity (Wildman–Crippen MR) is 94.7 cm³/mol. The summed E-state index contributed by atoms with van der Waals surface area (Å²) in [4.78, 5) is 14.6. The maximum atomic E-state index is 12.8. The molecule has 2 aromatic rings. The number of amides is 1. The molecule has 1 aromatic carbocycles. The van der Waals surface area contributed by atoms with Gasteiger partial charge >= 0.3 is 0 Å². The van der Waals surface area contributed by atoms with Crippen LogP contribution in [0, 0.1) is 12.8 Å². The first-order valence-electron chi connectivity index (χ1n) is 8.41. The molecule has 1 amide bonds. The van der Waals surface area contributed by atoms with Crippen molar-refractivity contribution in [2.24, 2.45) is 5.92 Å². The van der Waals surface area contributed by atoms with Crippen molar-refractivity contribution in [1.29, 1.82) is 0 Å². The molecule has 23 heavy (non-hydrogen) atoms. The first-order chi connectivity index (χ1) is 11.2. The third-order valence-corrected chi connectivity index (χ3v) is 5.54. The third kappa shape index (κ3) is 3.44. The lowest BCUT2D eigenvalue weighted by molar-refractivity contribution is -0.123. The van der Waals surface area contributed by atoms with Crippen LogP contribution in [0.4, 0.5) is 5.13 Å². The van der Waals surface area contributed by atoms with E-state index in [-0.39, 0.29) is 11.8 Å². The zero-order valence-corrected chi connectivity index (χ0v) is 14.6. The van der Waals surface area contributed by atoms with E-state index in [0.717, 1.165) is 28.5 Å². The summed E-state index contributed by atoms with van der Waals surface area (Å²) < 4.78 is 0. The van der Waals surface area contributed by atoms with Crippen molar-refractivity contribution in [3.63, 3.8) is 0 Å². The van der Waals surface area contributed by atoms with Crippen LogP contribution in [0.15, 0.2) is 24.3 Å². The molecule has 0 bridgehead atoms. The first-order valence-corrected chi connectivity index (χ1v) is 9.23. The summed E-state index contributed by atoms with van der Waals surface area (Å²) in [6.45, 7) is 4.73. The molecule has 0 radical (unpaired) electrons. The Balaban J connectivity index is 1.82. The maximum Gasteiger partial charge on any atom is 0.231 e. The minimum absolute atomic E-state index is 0.162. The summed E-state index contributed by atoms with van der Waals surface area (Å²) in [7, 11) is 0. The van der Waals surface area contributed by atoms with Gasteiger partial charge in [0.1, 0.15) is 5.01 Å². The molecule has 4 nitrogen and oxygen atoms in total. The van der Waals surface area contributed by atoms with Crippen molar-refractivity contribution in [3.8, 4) is 10.6 Å². The number of anilines is 1. The molecule has 1 aromatic heterocycles. The minimum atomic E-state index is 0.162. The lowest BCUT2D eigenvalue weighted by Gasteiger charge is -2.26. The Kier molecular flexibility index (Phi) is 5.06. The number of nitrogens with zero attached hydrogens (tertiary/aromatic N) is 3. The van der Waals surface area contributed by atoms with E-state index >= 15 is 0 Å². The van der Waals surface area contributed by atoms with Crippen molar-refractivity contribution in [2.45, 2.75) is 46.0 Å². The normalized spacial score (nSPS) is 15.6. The monoisotopic (exact) mass is 329 g/mol. The Bertz CT molecular complexity index is 676. The average Bonchev–Trinajstić information content (AvgIpc) is 3.06.